The predicted molar refractivity (Wildman–Crippen MR) is 95.3 cm³/mol. The first-order valence-corrected chi connectivity index (χ1v) is 9.71. The fraction of sp³-hybridized carbons (Fsp3) is 0.947. The van der Waals surface area contributed by atoms with Crippen LogP contribution in [0.5, 0.6) is 0 Å². The Hall–Kier alpha value is -0.730. The van der Waals surface area contributed by atoms with Crippen LogP contribution >= 0.6 is 0 Å². The Morgan fingerprint density at radius 1 is 0.682 bits per heavy atom. The lowest BCUT2D eigenvalue weighted by molar-refractivity contribution is 0.143. The molecule has 0 heterocycles. The molecule has 0 fully saturated rings. The molecule has 0 radical (unpaired) electrons. The molecule has 0 bridgehead atoms. The molecule has 0 spiro atoms. The van der Waals surface area contributed by atoms with Gasteiger partial charge in [0.1, 0.15) is 0 Å². The third-order valence-corrected chi connectivity index (χ3v) is 4.03. The molecule has 3 nitrogen and oxygen atoms in total. The van der Waals surface area contributed by atoms with Crippen LogP contribution < -0.4 is 5.32 Å². The number of rotatable bonds is 16. The normalized spacial score (nSPS) is 10.6. The molecule has 0 aliphatic carbocycles. The van der Waals surface area contributed by atoms with Crippen molar-refractivity contribution < 1.29 is 9.53 Å². The van der Waals surface area contributed by atoms with Gasteiger partial charge in [0.05, 0.1) is 6.61 Å². The lowest BCUT2D eigenvalue weighted by Gasteiger charge is -2.07. The summed E-state index contributed by atoms with van der Waals surface area (Å²) in [6.07, 6.45) is 17.4. The summed E-state index contributed by atoms with van der Waals surface area (Å²) in [5.41, 5.74) is 0. The van der Waals surface area contributed by atoms with Crippen LogP contribution in [0, 0.1) is 0 Å². The van der Waals surface area contributed by atoms with E-state index in [1.807, 2.05) is 0 Å². The van der Waals surface area contributed by atoms with E-state index in [0.717, 1.165) is 19.4 Å². The molecule has 0 aliphatic rings. The van der Waals surface area contributed by atoms with Gasteiger partial charge in [0.15, 0.2) is 0 Å². The second-order valence-electron chi connectivity index (χ2n) is 6.31. The maximum Gasteiger partial charge on any atom is 0.407 e. The molecule has 22 heavy (non-hydrogen) atoms. The highest BCUT2D eigenvalue weighted by Crippen LogP contribution is 2.07. The maximum absolute atomic E-state index is 11.5. The van der Waals surface area contributed by atoms with Gasteiger partial charge in [0.2, 0.25) is 0 Å². The molecule has 0 unspecified atom stereocenters. The number of carbonyl (C=O) groups is 1. The van der Waals surface area contributed by atoms with Crippen molar-refractivity contribution in [3.8, 4) is 0 Å². The number of hydrogen-bond acceptors (Lipinski definition) is 2. The van der Waals surface area contributed by atoms with Crippen LogP contribution in [0.4, 0.5) is 4.79 Å². The number of carbonyl (C=O) groups excluding carboxylic acids is 1. The molecule has 0 saturated carbocycles. The maximum atomic E-state index is 11.5. The summed E-state index contributed by atoms with van der Waals surface area (Å²) in [6, 6.07) is 0. The van der Waals surface area contributed by atoms with E-state index in [1.165, 1.54) is 77.0 Å². The van der Waals surface area contributed by atoms with Gasteiger partial charge in [-0.3, -0.25) is 0 Å². The number of nitrogens with one attached hydrogen (secondary N) is 1. The quantitative estimate of drug-likeness (QED) is 0.344. The summed E-state index contributed by atoms with van der Waals surface area (Å²) in [5.74, 6) is 0. The van der Waals surface area contributed by atoms with Crippen LogP contribution in [0.15, 0.2) is 0 Å². The van der Waals surface area contributed by atoms with E-state index < -0.39 is 0 Å². The number of unbranched alkanes of at least 4 members (excludes halogenated alkanes) is 12. The summed E-state index contributed by atoms with van der Waals surface area (Å²) in [7, 11) is 0. The molecule has 1 amide bonds. The monoisotopic (exact) mass is 313 g/mol. The largest absolute Gasteiger partial charge is 0.450 e. The van der Waals surface area contributed by atoms with Crippen molar-refractivity contribution in [2.24, 2.45) is 0 Å². The van der Waals surface area contributed by atoms with Crippen molar-refractivity contribution in [3.63, 3.8) is 0 Å². The van der Waals surface area contributed by atoms with E-state index in [9.17, 15) is 4.79 Å². The number of hydrogen-bond donors (Lipinski definition) is 1. The van der Waals surface area contributed by atoms with Gasteiger partial charge in [0, 0.05) is 6.54 Å². The van der Waals surface area contributed by atoms with E-state index in [2.05, 4.69) is 19.2 Å². The lowest BCUT2D eigenvalue weighted by atomic mass is 10.1. The zero-order valence-electron chi connectivity index (χ0n) is 15.1. The highest BCUT2D eigenvalue weighted by atomic mass is 16.5. The summed E-state index contributed by atoms with van der Waals surface area (Å²) in [6.45, 7) is 5.79. The molecule has 0 aliphatic heterocycles. The third kappa shape index (κ3) is 17.3. The van der Waals surface area contributed by atoms with Crippen LogP contribution in [0.1, 0.15) is 104 Å². The van der Waals surface area contributed by atoms with Crippen molar-refractivity contribution in [3.05, 3.63) is 0 Å². The molecule has 132 valence electrons. The Morgan fingerprint density at radius 3 is 1.68 bits per heavy atom. The van der Waals surface area contributed by atoms with Crippen molar-refractivity contribution in [1.82, 2.24) is 5.32 Å². The van der Waals surface area contributed by atoms with E-state index >= 15 is 0 Å². The number of amides is 1. The van der Waals surface area contributed by atoms with Crippen LogP contribution in [0.25, 0.3) is 0 Å². The molecule has 0 saturated heterocycles. The standard InChI is InChI=1S/C19H39NO2/c1-3-5-7-9-11-13-15-17-20-19(21)22-18-16-14-12-10-8-6-4-2/h3-18H2,1-2H3,(H,20,21). The molecule has 3 heteroatoms. The summed E-state index contributed by atoms with van der Waals surface area (Å²) in [5, 5.41) is 2.84. The minimum Gasteiger partial charge on any atom is -0.450 e. The molecule has 0 aromatic rings. The van der Waals surface area contributed by atoms with Crippen LogP contribution in [-0.4, -0.2) is 19.2 Å². The molecule has 0 aromatic carbocycles. The van der Waals surface area contributed by atoms with E-state index in [-0.39, 0.29) is 6.09 Å². The van der Waals surface area contributed by atoms with Gasteiger partial charge in [0.25, 0.3) is 0 Å². The molecule has 0 rings (SSSR count). The van der Waals surface area contributed by atoms with Gasteiger partial charge in [-0.2, -0.15) is 0 Å². The fourth-order valence-corrected chi connectivity index (χ4v) is 2.55. The van der Waals surface area contributed by atoms with Crippen molar-refractivity contribution in [2.75, 3.05) is 13.2 Å². The van der Waals surface area contributed by atoms with Crippen LogP contribution in [-0.2, 0) is 4.74 Å². The Kier molecular flexibility index (Phi) is 17.7. The fourth-order valence-electron chi connectivity index (χ4n) is 2.55. The van der Waals surface area contributed by atoms with E-state index in [0.29, 0.717) is 6.61 Å². The number of alkyl carbamates (subject to hydrolysis) is 1. The minimum absolute atomic E-state index is 0.239. The SMILES string of the molecule is CCCCCCCCCNC(=O)OCCCCCCCCC. The average Bonchev–Trinajstić information content (AvgIpc) is 2.52. The Bertz CT molecular complexity index is 209. The van der Waals surface area contributed by atoms with Crippen molar-refractivity contribution in [2.45, 2.75) is 104 Å². The topological polar surface area (TPSA) is 38.3 Å². The van der Waals surface area contributed by atoms with Gasteiger partial charge in [-0.25, -0.2) is 4.79 Å². The van der Waals surface area contributed by atoms with Gasteiger partial charge >= 0.3 is 6.09 Å². The highest BCUT2D eigenvalue weighted by molar-refractivity contribution is 5.66. The number of ether oxygens (including phenoxy) is 1. The van der Waals surface area contributed by atoms with Gasteiger partial charge < -0.3 is 10.1 Å². The van der Waals surface area contributed by atoms with E-state index in [4.69, 9.17) is 4.74 Å². The minimum atomic E-state index is -0.239. The molecule has 1 N–H and O–H groups in total. The van der Waals surface area contributed by atoms with Gasteiger partial charge in [-0.15, -0.1) is 0 Å². The third-order valence-electron chi connectivity index (χ3n) is 4.03. The first-order valence-electron chi connectivity index (χ1n) is 9.71. The highest BCUT2D eigenvalue weighted by Gasteiger charge is 2.00. The molecular formula is C19H39NO2. The zero-order chi connectivity index (χ0) is 16.3. The van der Waals surface area contributed by atoms with Crippen molar-refractivity contribution >= 4 is 6.09 Å². The van der Waals surface area contributed by atoms with Crippen LogP contribution in [0.3, 0.4) is 0 Å². The first kappa shape index (κ1) is 21.3. The molecule has 0 atom stereocenters. The van der Waals surface area contributed by atoms with E-state index in [1.54, 1.807) is 0 Å². The molecule has 0 aromatic heterocycles. The van der Waals surface area contributed by atoms with Gasteiger partial charge in [-0.1, -0.05) is 90.9 Å². The first-order chi connectivity index (χ1) is 10.8. The van der Waals surface area contributed by atoms with Gasteiger partial charge in [-0.05, 0) is 12.8 Å². The zero-order valence-corrected chi connectivity index (χ0v) is 15.1. The Morgan fingerprint density at radius 2 is 1.14 bits per heavy atom. The smallest absolute Gasteiger partial charge is 0.407 e. The molecular weight excluding hydrogens is 274 g/mol. The second-order valence-corrected chi connectivity index (χ2v) is 6.31. The average molecular weight is 314 g/mol. The van der Waals surface area contributed by atoms with Crippen molar-refractivity contribution in [1.29, 1.82) is 0 Å². The summed E-state index contributed by atoms with van der Waals surface area (Å²) in [4.78, 5) is 11.5. The predicted octanol–water partition coefficient (Wildman–Crippen LogP) is 6.21. The summed E-state index contributed by atoms with van der Waals surface area (Å²) < 4.78 is 5.18. The summed E-state index contributed by atoms with van der Waals surface area (Å²) >= 11 is 0. The Labute approximate surface area is 138 Å². The lowest BCUT2D eigenvalue weighted by Crippen LogP contribution is -2.25. The second kappa shape index (κ2) is 18.3. The Balaban J connectivity index is 3.13. The van der Waals surface area contributed by atoms with Crippen LogP contribution in [0.2, 0.25) is 0 Å².